The molecule has 3 heteroatoms. The van der Waals surface area contributed by atoms with Crippen molar-refractivity contribution < 1.29 is 4.74 Å². The maximum absolute atomic E-state index is 5.18. The van der Waals surface area contributed by atoms with Crippen LogP contribution in [0.3, 0.4) is 0 Å². The van der Waals surface area contributed by atoms with E-state index in [0.717, 1.165) is 32.0 Å². The van der Waals surface area contributed by atoms with Crippen LogP contribution in [0.2, 0.25) is 0 Å². The van der Waals surface area contributed by atoms with Crippen molar-refractivity contribution in [3.05, 3.63) is 0 Å². The van der Waals surface area contributed by atoms with Gasteiger partial charge in [0.2, 0.25) is 0 Å². The van der Waals surface area contributed by atoms with Gasteiger partial charge in [0.15, 0.2) is 0 Å². The Bertz CT molecular complexity index is 245. The van der Waals surface area contributed by atoms with Crippen LogP contribution in [0, 0.1) is 16.7 Å². The van der Waals surface area contributed by atoms with Crippen molar-refractivity contribution in [3.63, 3.8) is 0 Å². The summed E-state index contributed by atoms with van der Waals surface area (Å²) in [7, 11) is 1.78. The van der Waals surface area contributed by atoms with E-state index < -0.39 is 0 Å². The zero-order chi connectivity index (χ0) is 14.4. The molecule has 0 radical (unpaired) electrons. The summed E-state index contributed by atoms with van der Waals surface area (Å²) in [6.45, 7) is 14.8. The molecule has 1 atom stereocenters. The molecule has 1 unspecified atom stereocenters. The maximum Gasteiger partial charge on any atom is 0.0467 e. The van der Waals surface area contributed by atoms with Crippen molar-refractivity contribution in [3.8, 4) is 0 Å². The Hall–Kier alpha value is -0.120. The Kier molecular flexibility index (Phi) is 6.78. The van der Waals surface area contributed by atoms with Crippen LogP contribution in [0.25, 0.3) is 0 Å². The van der Waals surface area contributed by atoms with Gasteiger partial charge in [-0.3, -0.25) is 0 Å². The van der Waals surface area contributed by atoms with E-state index in [4.69, 9.17) is 4.74 Å². The predicted molar refractivity (Wildman–Crippen MR) is 82.5 cm³/mol. The predicted octanol–water partition coefficient (Wildman–Crippen LogP) is 2.66. The lowest BCUT2D eigenvalue weighted by Crippen LogP contribution is -2.45. The second-order valence-corrected chi connectivity index (χ2v) is 7.54. The van der Waals surface area contributed by atoms with Gasteiger partial charge in [0.05, 0.1) is 0 Å². The fourth-order valence-corrected chi connectivity index (χ4v) is 2.85. The number of ether oxygens (including phenoxy) is 1. The van der Waals surface area contributed by atoms with Crippen molar-refractivity contribution >= 4 is 0 Å². The van der Waals surface area contributed by atoms with E-state index in [1.807, 2.05) is 0 Å². The summed E-state index contributed by atoms with van der Waals surface area (Å²) in [5.41, 5.74) is 0.696. The second-order valence-electron chi connectivity index (χ2n) is 7.54. The minimum Gasteiger partial charge on any atom is -0.385 e. The Morgan fingerprint density at radius 2 is 1.95 bits per heavy atom. The zero-order valence-corrected chi connectivity index (χ0v) is 13.6. The molecular weight excluding hydrogens is 236 g/mol. The van der Waals surface area contributed by atoms with E-state index in [1.165, 1.54) is 25.9 Å². The highest BCUT2D eigenvalue weighted by Crippen LogP contribution is 2.31. The van der Waals surface area contributed by atoms with Crippen LogP contribution in [0.1, 0.15) is 47.0 Å². The first-order valence-electron chi connectivity index (χ1n) is 7.78. The Balaban J connectivity index is 2.29. The molecular formula is C16H34N2O. The first kappa shape index (κ1) is 16.9. The third-order valence-corrected chi connectivity index (χ3v) is 4.57. The summed E-state index contributed by atoms with van der Waals surface area (Å²) >= 11 is 0. The second kappa shape index (κ2) is 7.61. The van der Waals surface area contributed by atoms with Gasteiger partial charge < -0.3 is 15.4 Å². The zero-order valence-electron chi connectivity index (χ0n) is 13.6. The third kappa shape index (κ3) is 6.24. The van der Waals surface area contributed by atoms with Crippen LogP contribution in [-0.2, 0) is 4.74 Å². The highest BCUT2D eigenvalue weighted by Gasteiger charge is 2.30. The molecule has 1 saturated heterocycles. The molecule has 1 fully saturated rings. The molecule has 0 bridgehead atoms. The lowest BCUT2D eigenvalue weighted by Gasteiger charge is -2.38. The SMILES string of the molecule is COCCC(C)(C)CNCC(C)(C)C1CCCNC1. The Morgan fingerprint density at radius 3 is 2.53 bits per heavy atom. The Morgan fingerprint density at radius 1 is 1.21 bits per heavy atom. The number of methoxy groups -OCH3 is 1. The van der Waals surface area contributed by atoms with Crippen LogP contribution >= 0.6 is 0 Å². The fourth-order valence-electron chi connectivity index (χ4n) is 2.85. The van der Waals surface area contributed by atoms with Gasteiger partial charge >= 0.3 is 0 Å². The van der Waals surface area contributed by atoms with Gasteiger partial charge in [-0.05, 0) is 49.1 Å². The lowest BCUT2D eigenvalue weighted by atomic mass is 9.74. The van der Waals surface area contributed by atoms with Crippen molar-refractivity contribution in [2.24, 2.45) is 16.7 Å². The van der Waals surface area contributed by atoms with E-state index in [0.29, 0.717) is 10.8 Å². The molecule has 114 valence electrons. The maximum atomic E-state index is 5.18. The molecule has 2 N–H and O–H groups in total. The number of rotatable bonds is 8. The average Bonchev–Trinajstić information content (AvgIpc) is 2.37. The summed E-state index contributed by atoms with van der Waals surface area (Å²) in [5.74, 6) is 0.802. The van der Waals surface area contributed by atoms with Gasteiger partial charge in [0, 0.05) is 26.8 Å². The van der Waals surface area contributed by atoms with Gasteiger partial charge in [-0.15, -0.1) is 0 Å². The molecule has 1 aliphatic rings. The van der Waals surface area contributed by atoms with E-state index >= 15 is 0 Å². The Labute approximate surface area is 119 Å². The highest BCUT2D eigenvalue weighted by molar-refractivity contribution is 4.85. The molecule has 0 aromatic heterocycles. The molecule has 1 aliphatic heterocycles. The van der Waals surface area contributed by atoms with Gasteiger partial charge in [-0.2, -0.15) is 0 Å². The van der Waals surface area contributed by atoms with Gasteiger partial charge in [-0.25, -0.2) is 0 Å². The van der Waals surface area contributed by atoms with Crippen molar-refractivity contribution in [2.75, 3.05) is 39.9 Å². The molecule has 1 rings (SSSR count). The van der Waals surface area contributed by atoms with Gasteiger partial charge in [-0.1, -0.05) is 27.7 Å². The fraction of sp³-hybridized carbons (Fsp3) is 1.00. The molecule has 0 aliphatic carbocycles. The molecule has 0 spiro atoms. The van der Waals surface area contributed by atoms with Crippen LogP contribution in [0.4, 0.5) is 0 Å². The van der Waals surface area contributed by atoms with Gasteiger partial charge in [0.25, 0.3) is 0 Å². The molecule has 0 aromatic carbocycles. The first-order chi connectivity index (χ1) is 8.87. The van der Waals surface area contributed by atoms with Crippen LogP contribution in [-0.4, -0.2) is 39.9 Å². The number of piperidine rings is 1. The molecule has 19 heavy (non-hydrogen) atoms. The standard InChI is InChI=1S/C16H34N2O/c1-15(2,8-10-19-5)12-18-13-16(3,4)14-7-6-9-17-11-14/h14,17-18H,6-13H2,1-5H3. The molecule has 1 heterocycles. The number of hydrogen-bond acceptors (Lipinski definition) is 3. The number of nitrogens with one attached hydrogen (secondary N) is 2. The van der Waals surface area contributed by atoms with Crippen molar-refractivity contribution in [2.45, 2.75) is 47.0 Å². The monoisotopic (exact) mass is 270 g/mol. The van der Waals surface area contributed by atoms with Crippen LogP contribution in [0.15, 0.2) is 0 Å². The molecule has 0 saturated carbocycles. The largest absolute Gasteiger partial charge is 0.385 e. The van der Waals surface area contributed by atoms with Crippen molar-refractivity contribution in [1.29, 1.82) is 0 Å². The van der Waals surface area contributed by atoms with Gasteiger partial charge in [0.1, 0.15) is 0 Å². The quantitative estimate of drug-likeness (QED) is 0.711. The summed E-state index contributed by atoms with van der Waals surface area (Å²) < 4.78 is 5.18. The number of hydrogen-bond donors (Lipinski definition) is 2. The lowest BCUT2D eigenvalue weighted by molar-refractivity contribution is 0.137. The minimum atomic E-state index is 0.316. The molecule has 0 amide bonds. The molecule has 3 nitrogen and oxygen atoms in total. The summed E-state index contributed by atoms with van der Waals surface area (Å²) in [6.07, 6.45) is 3.81. The van der Waals surface area contributed by atoms with Crippen molar-refractivity contribution in [1.82, 2.24) is 10.6 Å². The van der Waals surface area contributed by atoms with Crippen LogP contribution in [0.5, 0.6) is 0 Å². The summed E-state index contributed by atoms with van der Waals surface area (Å²) in [4.78, 5) is 0. The summed E-state index contributed by atoms with van der Waals surface area (Å²) in [6, 6.07) is 0. The first-order valence-corrected chi connectivity index (χ1v) is 7.78. The highest BCUT2D eigenvalue weighted by atomic mass is 16.5. The van der Waals surface area contributed by atoms with E-state index in [-0.39, 0.29) is 0 Å². The average molecular weight is 270 g/mol. The summed E-state index contributed by atoms with van der Waals surface area (Å²) in [5, 5.41) is 7.22. The third-order valence-electron chi connectivity index (χ3n) is 4.57. The van der Waals surface area contributed by atoms with E-state index in [2.05, 4.69) is 38.3 Å². The normalized spacial score (nSPS) is 21.6. The smallest absolute Gasteiger partial charge is 0.0467 e. The van der Waals surface area contributed by atoms with E-state index in [1.54, 1.807) is 7.11 Å². The minimum absolute atomic E-state index is 0.316. The molecule has 0 aromatic rings. The van der Waals surface area contributed by atoms with E-state index in [9.17, 15) is 0 Å². The van der Waals surface area contributed by atoms with Crippen LogP contribution < -0.4 is 10.6 Å². The topological polar surface area (TPSA) is 33.3 Å².